The highest BCUT2D eigenvalue weighted by Crippen LogP contribution is 2.55. The first-order valence-electron chi connectivity index (χ1n) is 22.1. The third-order valence-electron chi connectivity index (χ3n) is 15.5. The monoisotopic (exact) mass is 829 g/mol. The fraction of sp³-hybridized carbons (Fsp3) is 0.977. The van der Waals surface area contributed by atoms with Crippen LogP contribution in [0.3, 0.4) is 0 Å². The molecule has 22 atom stereocenters. The van der Waals surface area contributed by atoms with Crippen molar-refractivity contribution in [3.63, 3.8) is 0 Å². The Morgan fingerprint density at radius 3 is 2.22 bits per heavy atom. The van der Waals surface area contributed by atoms with Gasteiger partial charge in [0, 0.05) is 64.3 Å². The molecule has 22 unspecified atom stereocenters. The first kappa shape index (κ1) is 46.5. The van der Waals surface area contributed by atoms with E-state index in [4.69, 9.17) is 47.4 Å². The predicted octanol–water partition coefficient (Wildman–Crippen LogP) is 5.46. The van der Waals surface area contributed by atoms with Gasteiger partial charge in [-0.2, -0.15) is 0 Å². The fourth-order valence-corrected chi connectivity index (χ4v) is 12.2. The molecule has 6 aliphatic heterocycles. The van der Waals surface area contributed by atoms with Gasteiger partial charge in [-0.25, -0.2) is 0 Å². The molecule has 14 heteroatoms. The van der Waals surface area contributed by atoms with Gasteiger partial charge < -0.3 is 62.7 Å². The van der Waals surface area contributed by atoms with Gasteiger partial charge in [0.15, 0.2) is 17.9 Å². The summed E-state index contributed by atoms with van der Waals surface area (Å²) in [4.78, 5) is 12.1. The second-order valence-electron chi connectivity index (χ2n) is 19.5. The number of aliphatic carboxylic acids is 1. The van der Waals surface area contributed by atoms with E-state index in [1.54, 1.807) is 28.3 Å². The van der Waals surface area contributed by atoms with Crippen LogP contribution in [0, 0.1) is 35.5 Å². The van der Waals surface area contributed by atoms with Crippen LogP contribution in [-0.4, -0.2) is 139 Å². The lowest BCUT2D eigenvalue weighted by molar-refractivity contribution is -0.349. The summed E-state index contributed by atoms with van der Waals surface area (Å²) in [5, 5.41) is 32.9. The largest absolute Gasteiger partial charge is 0.481 e. The third kappa shape index (κ3) is 8.30. The number of ether oxygens (including phenoxy) is 10. The molecular formula is C44H76O14. The molecule has 1 spiro atoms. The van der Waals surface area contributed by atoms with Crippen LogP contribution in [0.15, 0.2) is 0 Å². The molecule has 6 rings (SSSR count). The minimum Gasteiger partial charge on any atom is -0.481 e. The van der Waals surface area contributed by atoms with Crippen LogP contribution >= 0.6 is 0 Å². The molecule has 0 aromatic heterocycles. The van der Waals surface area contributed by atoms with Crippen molar-refractivity contribution in [3.8, 4) is 0 Å². The molecule has 0 saturated carbocycles. The van der Waals surface area contributed by atoms with Crippen molar-refractivity contribution in [2.45, 2.75) is 217 Å². The average Bonchev–Trinajstić information content (AvgIpc) is 3.93. The molecule has 6 aliphatic rings. The van der Waals surface area contributed by atoms with E-state index in [-0.39, 0.29) is 47.9 Å². The molecule has 6 fully saturated rings. The van der Waals surface area contributed by atoms with Gasteiger partial charge in [-0.05, 0) is 65.7 Å². The number of hydrogen-bond acceptors (Lipinski definition) is 13. The predicted molar refractivity (Wildman–Crippen MR) is 212 cm³/mol. The summed E-state index contributed by atoms with van der Waals surface area (Å²) in [6.45, 7) is 19.8. The molecule has 14 nitrogen and oxygen atoms in total. The quantitative estimate of drug-likeness (QED) is 0.202. The number of carbonyl (C=O) groups is 1. The van der Waals surface area contributed by atoms with Crippen molar-refractivity contribution < 1.29 is 67.5 Å². The molecule has 0 aliphatic carbocycles. The highest BCUT2D eigenvalue weighted by molar-refractivity contribution is 5.70. The fourth-order valence-electron chi connectivity index (χ4n) is 12.2. The number of hydrogen-bond donors (Lipinski definition) is 3. The summed E-state index contributed by atoms with van der Waals surface area (Å²) in [5.74, 6) is -4.99. The van der Waals surface area contributed by atoms with Gasteiger partial charge in [0.05, 0.1) is 72.1 Å². The van der Waals surface area contributed by atoms with Crippen molar-refractivity contribution in [1.82, 2.24) is 0 Å². The Hall–Kier alpha value is -1.01. The number of methoxy groups -OCH3 is 3. The van der Waals surface area contributed by atoms with Crippen LogP contribution in [0.4, 0.5) is 0 Å². The van der Waals surface area contributed by atoms with E-state index in [1.807, 2.05) is 34.6 Å². The minimum atomic E-state index is -1.57. The molecule has 3 N–H and O–H groups in total. The number of carboxylic acid groups (broad SMARTS) is 1. The summed E-state index contributed by atoms with van der Waals surface area (Å²) in [7, 11) is 4.97. The summed E-state index contributed by atoms with van der Waals surface area (Å²) in [5.41, 5.74) is -1.70. The zero-order valence-corrected chi connectivity index (χ0v) is 37.4. The molecule has 6 heterocycles. The Labute approximate surface area is 346 Å². The first-order valence-corrected chi connectivity index (χ1v) is 22.1. The number of carboxylic acids is 1. The minimum absolute atomic E-state index is 0.0104. The van der Waals surface area contributed by atoms with Crippen LogP contribution in [0.25, 0.3) is 0 Å². The van der Waals surface area contributed by atoms with Gasteiger partial charge in [0.25, 0.3) is 0 Å². The van der Waals surface area contributed by atoms with Crippen LogP contribution in [0.5, 0.6) is 0 Å². The van der Waals surface area contributed by atoms with Gasteiger partial charge in [0.1, 0.15) is 12.2 Å². The van der Waals surface area contributed by atoms with E-state index < -0.39 is 89.8 Å². The smallest absolute Gasteiger partial charge is 0.308 e. The Kier molecular flexibility index (Phi) is 14.1. The van der Waals surface area contributed by atoms with E-state index in [1.165, 1.54) is 0 Å². The SMILES string of the molecule is CCC(O)C1(C)CC(C)C(O)(C2CC(C)C(C3(C)CC(OC4CCC(OC)C(C)O4)C(C4CCC5(O4)OC(C(C)C(OC)C(C)C(=O)O)C(C)C(OC)C5C)O3)O2)O1. The highest BCUT2D eigenvalue weighted by atomic mass is 16.7. The van der Waals surface area contributed by atoms with Crippen molar-refractivity contribution >= 4 is 5.97 Å². The van der Waals surface area contributed by atoms with Crippen molar-refractivity contribution in [3.05, 3.63) is 0 Å². The molecule has 0 radical (unpaired) electrons. The maximum absolute atomic E-state index is 12.1. The van der Waals surface area contributed by atoms with E-state index in [9.17, 15) is 20.1 Å². The van der Waals surface area contributed by atoms with Gasteiger partial charge >= 0.3 is 5.97 Å². The third-order valence-corrected chi connectivity index (χ3v) is 15.5. The lowest BCUT2D eigenvalue weighted by atomic mass is 9.74. The second-order valence-corrected chi connectivity index (χ2v) is 19.5. The maximum atomic E-state index is 12.1. The van der Waals surface area contributed by atoms with Crippen LogP contribution < -0.4 is 0 Å². The molecule has 0 aromatic carbocycles. The zero-order valence-electron chi connectivity index (χ0n) is 37.4. The molecule has 58 heavy (non-hydrogen) atoms. The van der Waals surface area contributed by atoms with E-state index >= 15 is 0 Å². The van der Waals surface area contributed by atoms with Gasteiger partial charge in [-0.15, -0.1) is 0 Å². The Balaban J connectivity index is 1.26. The molecule has 0 aromatic rings. The molecule has 0 bridgehead atoms. The second kappa shape index (κ2) is 17.6. The summed E-state index contributed by atoms with van der Waals surface area (Å²) < 4.78 is 65.7. The van der Waals surface area contributed by atoms with Crippen LogP contribution in [-0.2, 0) is 52.2 Å². The lowest BCUT2D eigenvalue weighted by Crippen LogP contribution is -2.61. The first-order chi connectivity index (χ1) is 27.2. The zero-order chi connectivity index (χ0) is 42.7. The maximum Gasteiger partial charge on any atom is 0.308 e. The number of rotatable bonds is 14. The average molecular weight is 829 g/mol. The lowest BCUT2D eigenvalue weighted by Gasteiger charge is -2.52. The highest BCUT2D eigenvalue weighted by Gasteiger charge is 2.65. The normalized spacial score (nSPS) is 50.6. The standard InChI is InChI=1S/C44H76O14/c1-14-32(45)41(9)20-23(3)44(48,58-41)33-19-22(2)39(54-33)42(10)21-31(53-34-16-15-29(49-11)28(8)52-34)38(56-42)30-17-18-43(55-30)27(7)37(51-13)25(5)36(57-43)24(4)35(50-12)26(6)40(46)47/h22-39,45,48H,14-21H2,1-13H3,(H,46,47). The van der Waals surface area contributed by atoms with Gasteiger partial charge in [-0.1, -0.05) is 41.5 Å². The van der Waals surface area contributed by atoms with E-state index in [0.717, 1.165) is 6.42 Å². The Morgan fingerprint density at radius 2 is 1.62 bits per heavy atom. The van der Waals surface area contributed by atoms with Crippen molar-refractivity contribution in [1.29, 1.82) is 0 Å². The molecular weight excluding hydrogens is 752 g/mol. The summed E-state index contributed by atoms with van der Waals surface area (Å²) >= 11 is 0. The van der Waals surface area contributed by atoms with Crippen molar-refractivity contribution in [2.24, 2.45) is 35.5 Å². The summed E-state index contributed by atoms with van der Waals surface area (Å²) in [6.07, 6.45) is -0.0850. The molecule has 336 valence electrons. The van der Waals surface area contributed by atoms with E-state index in [0.29, 0.717) is 44.9 Å². The van der Waals surface area contributed by atoms with Crippen LogP contribution in [0.1, 0.15) is 121 Å². The molecule has 0 amide bonds. The van der Waals surface area contributed by atoms with Crippen LogP contribution in [0.2, 0.25) is 0 Å². The van der Waals surface area contributed by atoms with Gasteiger partial charge in [0.2, 0.25) is 0 Å². The number of aliphatic hydroxyl groups is 2. The van der Waals surface area contributed by atoms with Crippen molar-refractivity contribution in [2.75, 3.05) is 21.3 Å². The van der Waals surface area contributed by atoms with E-state index in [2.05, 4.69) is 27.7 Å². The Morgan fingerprint density at radius 1 is 0.914 bits per heavy atom. The Bertz CT molecular complexity index is 1400. The summed E-state index contributed by atoms with van der Waals surface area (Å²) in [6, 6.07) is 0. The molecule has 6 saturated heterocycles. The number of aliphatic hydroxyl groups excluding tert-OH is 1. The van der Waals surface area contributed by atoms with Gasteiger partial charge in [-0.3, -0.25) is 4.79 Å². The topological polar surface area (TPSA) is 170 Å².